The number of fused-ring (bicyclic) bond motifs is 1. The molecule has 1 aliphatic rings. The average Bonchev–Trinajstić information content (AvgIpc) is 3.21. The zero-order valence-electron chi connectivity index (χ0n) is 15.2. The van der Waals surface area contributed by atoms with Crippen molar-refractivity contribution in [2.75, 3.05) is 16.3 Å². The van der Waals surface area contributed by atoms with Crippen LogP contribution in [0.1, 0.15) is 24.2 Å². The van der Waals surface area contributed by atoms with Gasteiger partial charge in [-0.2, -0.15) is 5.10 Å². The molecule has 0 bridgehead atoms. The Morgan fingerprint density at radius 1 is 1.00 bits per heavy atom. The Morgan fingerprint density at radius 2 is 1.70 bits per heavy atom. The lowest BCUT2D eigenvalue weighted by Gasteiger charge is -2.40. The van der Waals surface area contributed by atoms with E-state index in [1.807, 2.05) is 67.7 Å². The van der Waals surface area contributed by atoms with Crippen molar-refractivity contribution in [1.29, 1.82) is 0 Å². The molecule has 0 aliphatic carbocycles. The van der Waals surface area contributed by atoms with Crippen LogP contribution in [0.15, 0.2) is 67.0 Å². The summed E-state index contributed by atoms with van der Waals surface area (Å²) in [7, 11) is 0. The second kappa shape index (κ2) is 6.72. The Bertz CT molecular complexity index is 980. The normalized spacial score (nSPS) is 16.1. The van der Waals surface area contributed by atoms with Gasteiger partial charge in [-0.1, -0.05) is 12.1 Å². The van der Waals surface area contributed by atoms with Crippen molar-refractivity contribution in [2.45, 2.75) is 19.9 Å². The molecule has 0 radical (unpaired) electrons. The monoisotopic (exact) mass is 360 g/mol. The maximum absolute atomic E-state index is 13.2. The third-order valence-electron chi connectivity index (χ3n) is 4.79. The summed E-state index contributed by atoms with van der Waals surface area (Å²) in [6.45, 7) is 3.97. The van der Waals surface area contributed by atoms with Crippen LogP contribution in [0.25, 0.3) is 5.69 Å². The van der Waals surface area contributed by atoms with Crippen molar-refractivity contribution in [2.24, 2.45) is 0 Å². The van der Waals surface area contributed by atoms with Crippen molar-refractivity contribution in [3.8, 4) is 5.69 Å². The summed E-state index contributed by atoms with van der Waals surface area (Å²) in [6, 6.07) is 16.7. The summed E-state index contributed by atoms with van der Waals surface area (Å²) in [5.41, 5.74) is 3.02. The smallest absolute Gasteiger partial charge is 0.258 e. The topological polar surface area (TPSA) is 58.4 Å². The summed E-state index contributed by atoms with van der Waals surface area (Å²) in [5, 5.41) is 4.20. The van der Waals surface area contributed by atoms with Crippen LogP contribution >= 0.6 is 0 Å². The van der Waals surface area contributed by atoms with Gasteiger partial charge in [-0.25, -0.2) is 4.68 Å². The van der Waals surface area contributed by atoms with Gasteiger partial charge in [0.1, 0.15) is 0 Å². The van der Waals surface area contributed by atoms with Gasteiger partial charge >= 0.3 is 0 Å². The molecule has 1 aliphatic heterocycles. The van der Waals surface area contributed by atoms with Crippen molar-refractivity contribution in [3.63, 3.8) is 0 Å². The molecule has 0 spiro atoms. The molecule has 0 saturated carbocycles. The predicted molar refractivity (Wildman–Crippen MR) is 104 cm³/mol. The first kappa shape index (κ1) is 17.0. The molecular weight excluding hydrogens is 340 g/mol. The maximum Gasteiger partial charge on any atom is 0.258 e. The Balaban J connectivity index is 1.67. The molecular formula is C21H20N4O2. The number of rotatable bonds is 2. The average molecular weight is 360 g/mol. The fraction of sp³-hybridized carbons (Fsp3) is 0.190. The van der Waals surface area contributed by atoms with E-state index in [1.165, 1.54) is 0 Å². The van der Waals surface area contributed by atoms with Crippen LogP contribution in [-0.4, -0.2) is 34.2 Å². The highest BCUT2D eigenvalue weighted by molar-refractivity contribution is 6.10. The van der Waals surface area contributed by atoms with E-state index in [0.717, 1.165) is 17.1 Å². The fourth-order valence-electron chi connectivity index (χ4n) is 3.58. The number of anilines is 2. The summed E-state index contributed by atoms with van der Waals surface area (Å²) in [6.07, 6.45) is 3.57. The molecule has 0 fully saturated rings. The van der Waals surface area contributed by atoms with E-state index in [9.17, 15) is 9.59 Å². The molecule has 0 N–H and O–H groups in total. The molecule has 0 unspecified atom stereocenters. The number of carbonyl (C=O) groups is 2. The molecule has 2 heterocycles. The highest BCUT2D eigenvalue weighted by atomic mass is 16.2. The Labute approximate surface area is 157 Å². The van der Waals surface area contributed by atoms with E-state index in [1.54, 1.807) is 27.6 Å². The standard InChI is InChI=1S/C21H20N4O2/c1-15-14-23(19-6-3-4-7-20(19)25(15)16(2)26)21(27)17-8-10-18(11-9-17)24-13-5-12-22-24/h3-13,15H,14H2,1-2H3/t15-/m0/s1. The van der Waals surface area contributed by atoms with Crippen LogP contribution in [0.5, 0.6) is 0 Å². The van der Waals surface area contributed by atoms with Crippen molar-refractivity contribution in [3.05, 3.63) is 72.6 Å². The maximum atomic E-state index is 13.2. The van der Waals surface area contributed by atoms with E-state index >= 15 is 0 Å². The molecule has 6 heteroatoms. The summed E-state index contributed by atoms with van der Waals surface area (Å²) in [4.78, 5) is 28.8. The number of amides is 2. The summed E-state index contributed by atoms with van der Waals surface area (Å²) in [5.74, 6) is -0.102. The first-order valence-corrected chi connectivity index (χ1v) is 8.87. The molecule has 1 atom stereocenters. The molecule has 2 amide bonds. The van der Waals surface area contributed by atoms with Gasteiger partial charge in [0.15, 0.2) is 0 Å². The van der Waals surface area contributed by atoms with Crippen LogP contribution in [0, 0.1) is 0 Å². The highest BCUT2D eigenvalue weighted by Crippen LogP contribution is 2.36. The quantitative estimate of drug-likeness (QED) is 0.705. The number of para-hydroxylation sites is 2. The fourth-order valence-corrected chi connectivity index (χ4v) is 3.58. The van der Waals surface area contributed by atoms with E-state index in [0.29, 0.717) is 12.1 Å². The minimum absolute atomic E-state index is 0.0226. The molecule has 136 valence electrons. The predicted octanol–water partition coefficient (Wildman–Crippen LogP) is 3.27. The van der Waals surface area contributed by atoms with Crippen molar-refractivity contribution in [1.82, 2.24) is 9.78 Å². The van der Waals surface area contributed by atoms with Crippen LogP contribution in [0.4, 0.5) is 11.4 Å². The lowest BCUT2D eigenvalue weighted by Crippen LogP contribution is -2.51. The number of hydrogen-bond acceptors (Lipinski definition) is 3. The van der Waals surface area contributed by atoms with E-state index in [-0.39, 0.29) is 17.9 Å². The Morgan fingerprint density at radius 3 is 2.33 bits per heavy atom. The molecule has 4 rings (SSSR count). The number of aromatic nitrogens is 2. The second-order valence-corrected chi connectivity index (χ2v) is 6.64. The van der Waals surface area contributed by atoms with Crippen LogP contribution in [0.3, 0.4) is 0 Å². The van der Waals surface area contributed by atoms with Crippen LogP contribution in [-0.2, 0) is 4.79 Å². The number of hydrogen-bond donors (Lipinski definition) is 0. The first-order chi connectivity index (χ1) is 13.1. The van der Waals surface area contributed by atoms with Gasteiger partial charge in [-0.05, 0) is 49.4 Å². The minimum atomic E-state index is -0.0929. The summed E-state index contributed by atoms with van der Waals surface area (Å²) < 4.78 is 1.75. The van der Waals surface area contributed by atoms with Gasteiger partial charge < -0.3 is 9.80 Å². The number of nitrogens with zero attached hydrogens (tertiary/aromatic N) is 4. The molecule has 1 aromatic heterocycles. The molecule has 2 aromatic carbocycles. The minimum Gasteiger partial charge on any atom is -0.306 e. The summed E-state index contributed by atoms with van der Waals surface area (Å²) >= 11 is 0. The Hall–Kier alpha value is -3.41. The van der Waals surface area contributed by atoms with Crippen molar-refractivity contribution < 1.29 is 9.59 Å². The van der Waals surface area contributed by atoms with E-state index in [2.05, 4.69) is 5.10 Å². The largest absolute Gasteiger partial charge is 0.306 e. The lowest BCUT2D eigenvalue weighted by atomic mass is 10.1. The third kappa shape index (κ3) is 2.99. The lowest BCUT2D eigenvalue weighted by molar-refractivity contribution is -0.117. The van der Waals surface area contributed by atoms with Gasteiger partial charge in [0, 0.05) is 31.4 Å². The van der Waals surface area contributed by atoms with Gasteiger partial charge in [-0.3, -0.25) is 9.59 Å². The highest BCUT2D eigenvalue weighted by Gasteiger charge is 2.33. The van der Waals surface area contributed by atoms with Crippen molar-refractivity contribution >= 4 is 23.2 Å². The van der Waals surface area contributed by atoms with E-state index < -0.39 is 0 Å². The molecule has 3 aromatic rings. The number of carbonyl (C=O) groups excluding carboxylic acids is 2. The zero-order valence-corrected chi connectivity index (χ0v) is 15.2. The molecule has 0 saturated heterocycles. The third-order valence-corrected chi connectivity index (χ3v) is 4.79. The second-order valence-electron chi connectivity index (χ2n) is 6.64. The van der Waals surface area contributed by atoms with E-state index in [4.69, 9.17) is 0 Å². The van der Waals surface area contributed by atoms with Gasteiger partial charge in [-0.15, -0.1) is 0 Å². The van der Waals surface area contributed by atoms with Gasteiger partial charge in [0.05, 0.1) is 23.1 Å². The Kier molecular flexibility index (Phi) is 4.24. The van der Waals surface area contributed by atoms with Crippen LogP contribution in [0.2, 0.25) is 0 Å². The zero-order chi connectivity index (χ0) is 19.0. The van der Waals surface area contributed by atoms with Crippen LogP contribution < -0.4 is 9.80 Å². The van der Waals surface area contributed by atoms with Gasteiger partial charge in [0.25, 0.3) is 5.91 Å². The van der Waals surface area contributed by atoms with Gasteiger partial charge in [0.2, 0.25) is 5.91 Å². The number of benzene rings is 2. The molecule has 6 nitrogen and oxygen atoms in total. The SMILES string of the molecule is CC(=O)N1c2ccccc2N(C(=O)c2ccc(-n3cccn3)cc2)C[C@@H]1C. The molecule has 27 heavy (non-hydrogen) atoms. The first-order valence-electron chi connectivity index (χ1n) is 8.87.